The molecule has 1 atom stereocenters. The molecule has 1 aromatic heterocycles. The predicted octanol–water partition coefficient (Wildman–Crippen LogP) is 4.46. The molecule has 5 rings (SSSR count). The summed E-state index contributed by atoms with van der Waals surface area (Å²) in [5.41, 5.74) is 1.75. The van der Waals surface area contributed by atoms with Crippen LogP contribution in [-0.2, 0) is 22.7 Å². The van der Waals surface area contributed by atoms with Crippen molar-refractivity contribution in [2.45, 2.75) is 50.9 Å². The first-order valence-electron chi connectivity index (χ1n) is 13.4. The molecule has 1 fully saturated rings. The number of nitrogens with one attached hydrogen (secondary N) is 1. The molecule has 9 nitrogen and oxygen atoms in total. The summed E-state index contributed by atoms with van der Waals surface area (Å²) in [5.74, 6) is -0.722. The van der Waals surface area contributed by atoms with Gasteiger partial charge in [-0.25, -0.2) is 8.78 Å². The number of aromatic nitrogens is 4. The number of carbonyl (C=O) groups is 2. The van der Waals surface area contributed by atoms with E-state index in [4.69, 9.17) is 4.74 Å². The van der Waals surface area contributed by atoms with Crippen LogP contribution < -0.4 is 10.1 Å². The molecule has 41 heavy (non-hydrogen) atoms. The zero-order valence-corrected chi connectivity index (χ0v) is 22.5. The first-order valence-corrected chi connectivity index (χ1v) is 13.4. The molecule has 0 radical (unpaired) electrons. The van der Waals surface area contributed by atoms with Crippen molar-refractivity contribution in [3.05, 3.63) is 95.6 Å². The molecular weight excluding hydrogens is 530 g/mol. The highest BCUT2D eigenvalue weighted by molar-refractivity contribution is 5.89. The second-order valence-corrected chi connectivity index (χ2v) is 9.96. The summed E-state index contributed by atoms with van der Waals surface area (Å²) >= 11 is 0. The predicted molar refractivity (Wildman–Crippen MR) is 146 cm³/mol. The summed E-state index contributed by atoms with van der Waals surface area (Å²) in [7, 11) is 1.57. The Kier molecular flexibility index (Phi) is 8.61. The monoisotopic (exact) mass is 560 g/mol. The normalized spacial score (nSPS) is 14.0. The van der Waals surface area contributed by atoms with Gasteiger partial charge in [-0.15, -0.1) is 10.2 Å². The van der Waals surface area contributed by atoms with E-state index >= 15 is 0 Å². The van der Waals surface area contributed by atoms with Gasteiger partial charge in [0.1, 0.15) is 30.0 Å². The Hall–Kier alpha value is -4.67. The van der Waals surface area contributed by atoms with Crippen LogP contribution in [-0.4, -0.2) is 50.1 Å². The number of carbonyl (C=O) groups excluding carboxylic acids is 2. The third-order valence-corrected chi connectivity index (χ3v) is 7.11. The second kappa shape index (κ2) is 12.7. The fraction of sp³-hybridized carbons (Fsp3) is 0.300. The molecular formula is C30H30F2N6O3. The zero-order chi connectivity index (χ0) is 28.8. The quantitative estimate of drug-likeness (QED) is 0.307. The van der Waals surface area contributed by atoms with Crippen molar-refractivity contribution >= 4 is 11.8 Å². The van der Waals surface area contributed by atoms with Gasteiger partial charge < -0.3 is 15.0 Å². The molecule has 1 aliphatic carbocycles. The number of benzene rings is 3. The Morgan fingerprint density at radius 2 is 1.61 bits per heavy atom. The number of rotatable bonds is 10. The fourth-order valence-corrected chi connectivity index (χ4v) is 4.96. The van der Waals surface area contributed by atoms with Crippen LogP contribution in [0.4, 0.5) is 8.78 Å². The summed E-state index contributed by atoms with van der Waals surface area (Å²) in [4.78, 5) is 30.2. The van der Waals surface area contributed by atoms with Crippen molar-refractivity contribution in [3.63, 3.8) is 0 Å². The summed E-state index contributed by atoms with van der Waals surface area (Å²) in [6.45, 7) is -0.308. The van der Waals surface area contributed by atoms with E-state index in [9.17, 15) is 18.4 Å². The average molecular weight is 561 g/mol. The summed E-state index contributed by atoms with van der Waals surface area (Å²) in [6.07, 6.45) is 3.73. The van der Waals surface area contributed by atoms with Gasteiger partial charge in [0.05, 0.1) is 7.11 Å². The first kappa shape index (κ1) is 27.9. The van der Waals surface area contributed by atoms with Crippen LogP contribution in [0.25, 0.3) is 11.4 Å². The van der Waals surface area contributed by atoms with Gasteiger partial charge in [0.15, 0.2) is 0 Å². The smallest absolute Gasteiger partial charge is 0.247 e. The van der Waals surface area contributed by atoms with E-state index in [0.29, 0.717) is 28.3 Å². The highest BCUT2D eigenvalue weighted by Crippen LogP contribution is 2.27. The molecule has 0 spiro atoms. The first-order chi connectivity index (χ1) is 19.9. The van der Waals surface area contributed by atoms with Gasteiger partial charge in [0.2, 0.25) is 17.6 Å². The third-order valence-electron chi connectivity index (χ3n) is 7.11. The molecule has 1 saturated carbocycles. The van der Waals surface area contributed by atoms with Gasteiger partial charge in [-0.3, -0.25) is 9.59 Å². The molecule has 1 heterocycles. The maximum Gasteiger partial charge on any atom is 0.247 e. The number of ether oxygens (including phenoxy) is 1. The maximum atomic E-state index is 13.9. The number of methoxy groups -OCH3 is 1. The minimum atomic E-state index is -1.07. The van der Waals surface area contributed by atoms with E-state index in [0.717, 1.165) is 30.5 Å². The van der Waals surface area contributed by atoms with Crippen molar-refractivity contribution in [1.29, 1.82) is 0 Å². The highest BCUT2D eigenvalue weighted by atomic mass is 19.1. The molecule has 2 amide bonds. The van der Waals surface area contributed by atoms with Crippen molar-refractivity contribution in [3.8, 4) is 17.1 Å². The minimum absolute atomic E-state index is 0.000717. The van der Waals surface area contributed by atoms with Crippen LogP contribution in [0.15, 0.2) is 72.8 Å². The number of nitrogens with zero attached hydrogens (tertiary/aromatic N) is 5. The Labute approximate surface area is 236 Å². The van der Waals surface area contributed by atoms with Gasteiger partial charge in [0.25, 0.3) is 0 Å². The molecule has 0 bridgehead atoms. The van der Waals surface area contributed by atoms with Gasteiger partial charge in [-0.2, -0.15) is 4.80 Å². The van der Waals surface area contributed by atoms with Crippen LogP contribution in [0.2, 0.25) is 0 Å². The van der Waals surface area contributed by atoms with Gasteiger partial charge in [0, 0.05) is 18.2 Å². The van der Waals surface area contributed by atoms with Gasteiger partial charge in [-0.1, -0.05) is 37.1 Å². The lowest BCUT2D eigenvalue weighted by molar-refractivity contribution is -0.142. The number of tetrazole rings is 1. The largest absolute Gasteiger partial charge is 0.497 e. The molecule has 3 aromatic carbocycles. The Morgan fingerprint density at radius 3 is 2.24 bits per heavy atom. The number of hydrogen-bond acceptors (Lipinski definition) is 6. The van der Waals surface area contributed by atoms with Crippen molar-refractivity contribution in [2.24, 2.45) is 0 Å². The van der Waals surface area contributed by atoms with Crippen molar-refractivity contribution < 1.29 is 23.1 Å². The van der Waals surface area contributed by atoms with E-state index in [2.05, 4.69) is 20.7 Å². The maximum absolute atomic E-state index is 13.9. The molecule has 11 heteroatoms. The molecule has 4 aromatic rings. The van der Waals surface area contributed by atoms with Crippen LogP contribution in [0, 0.1) is 11.6 Å². The topological polar surface area (TPSA) is 102 Å². The van der Waals surface area contributed by atoms with Crippen LogP contribution in [0.5, 0.6) is 5.75 Å². The van der Waals surface area contributed by atoms with Crippen LogP contribution in [0.3, 0.4) is 0 Å². The zero-order valence-electron chi connectivity index (χ0n) is 22.5. The summed E-state index contributed by atoms with van der Waals surface area (Å²) < 4.78 is 32.7. The number of hydrogen-bond donors (Lipinski definition) is 1. The van der Waals surface area contributed by atoms with Crippen molar-refractivity contribution in [2.75, 3.05) is 7.11 Å². The summed E-state index contributed by atoms with van der Waals surface area (Å²) in [5, 5.41) is 15.5. The lowest BCUT2D eigenvalue weighted by atomic mass is 10.0. The fourth-order valence-electron chi connectivity index (χ4n) is 4.96. The lowest BCUT2D eigenvalue weighted by Gasteiger charge is -2.32. The van der Waals surface area contributed by atoms with Crippen LogP contribution >= 0.6 is 0 Å². The summed E-state index contributed by atoms with van der Waals surface area (Å²) in [6, 6.07) is 17.2. The van der Waals surface area contributed by atoms with Crippen molar-refractivity contribution in [1.82, 2.24) is 30.4 Å². The van der Waals surface area contributed by atoms with Gasteiger partial charge in [-0.05, 0) is 77.7 Å². The number of halogens is 2. The Balaban J connectivity index is 1.45. The third kappa shape index (κ3) is 6.92. The van der Waals surface area contributed by atoms with E-state index in [1.54, 1.807) is 43.5 Å². The standard InChI is InChI=1S/C30H30F2N6O3/c1-41-26-16-10-22(11-17-26)29-34-36-38(35-29)19-27(39)37(18-20-6-12-23(31)13-7-20)28(21-8-14-24(32)15-9-21)30(40)33-25-4-2-3-5-25/h6-17,25,28H,2-5,18-19H2,1H3,(H,33,40)/t28-/m0/s1. The molecule has 1 aliphatic rings. The lowest BCUT2D eigenvalue weighted by Crippen LogP contribution is -2.46. The SMILES string of the molecule is COc1ccc(-c2nnn(CC(=O)N(Cc3ccc(F)cc3)[C@H](C(=O)NC3CCCC3)c3ccc(F)cc3)n2)cc1. The second-order valence-electron chi connectivity index (χ2n) is 9.96. The Bertz CT molecular complexity index is 1470. The highest BCUT2D eigenvalue weighted by Gasteiger charge is 2.33. The van der Waals surface area contributed by atoms with E-state index in [1.165, 1.54) is 41.3 Å². The van der Waals surface area contributed by atoms with E-state index < -0.39 is 23.6 Å². The molecule has 212 valence electrons. The van der Waals surface area contributed by atoms with Gasteiger partial charge >= 0.3 is 0 Å². The number of amides is 2. The molecule has 1 N–H and O–H groups in total. The van der Waals surface area contributed by atoms with E-state index in [1.807, 2.05) is 0 Å². The average Bonchev–Trinajstić information content (AvgIpc) is 3.67. The van der Waals surface area contributed by atoms with E-state index in [-0.39, 0.29) is 25.0 Å². The molecule has 0 aliphatic heterocycles. The minimum Gasteiger partial charge on any atom is -0.497 e. The molecule has 0 saturated heterocycles. The Morgan fingerprint density at radius 1 is 0.976 bits per heavy atom. The molecule has 0 unspecified atom stereocenters. The van der Waals surface area contributed by atoms with Crippen LogP contribution in [0.1, 0.15) is 42.9 Å².